The van der Waals surface area contributed by atoms with Gasteiger partial charge in [0.1, 0.15) is 18.1 Å². The third-order valence-corrected chi connectivity index (χ3v) is 5.59. The quantitative estimate of drug-likeness (QED) is 0.0858. The van der Waals surface area contributed by atoms with Gasteiger partial charge in [0, 0.05) is 12.2 Å². The van der Waals surface area contributed by atoms with Crippen LogP contribution in [0.5, 0.6) is 0 Å². The van der Waals surface area contributed by atoms with E-state index in [0.29, 0.717) is 25.8 Å². The van der Waals surface area contributed by atoms with Gasteiger partial charge in [-0.3, -0.25) is 19.2 Å². The molecule has 0 heterocycles. The number of hydrogen-bond donors (Lipinski definition) is 8. The summed E-state index contributed by atoms with van der Waals surface area (Å²) in [7, 11) is 0. The summed E-state index contributed by atoms with van der Waals surface area (Å²) < 4.78 is 0. The molecule has 10 N–H and O–H groups in total. The molecule has 0 saturated heterocycles. The van der Waals surface area contributed by atoms with Gasteiger partial charge in [-0.15, -0.1) is 0 Å². The fourth-order valence-corrected chi connectivity index (χ4v) is 3.05. The van der Waals surface area contributed by atoms with Crippen molar-refractivity contribution in [2.24, 2.45) is 23.1 Å². The summed E-state index contributed by atoms with van der Waals surface area (Å²) in [4.78, 5) is 60.5. The third kappa shape index (κ3) is 11.9. The smallest absolute Gasteiger partial charge is 0.326 e. The van der Waals surface area contributed by atoms with Crippen LogP contribution in [0.15, 0.2) is 0 Å². The topological polar surface area (TPSA) is 220 Å². The Morgan fingerprint density at radius 2 is 1.55 bits per heavy atom. The number of carbonyl (C=O) groups is 5. The van der Waals surface area contributed by atoms with Crippen LogP contribution in [0.4, 0.5) is 0 Å². The van der Waals surface area contributed by atoms with Crippen LogP contribution in [0.3, 0.4) is 0 Å². The molecule has 0 bridgehead atoms. The second-order valence-electron chi connectivity index (χ2n) is 7.91. The van der Waals surface area contributed by atoms with Gasteiger partial charge in [0.2, 0.25) is 23.6 Å². The lowest BCUT2D eigenvalue weighted by Gasteiger charge is -2.28. The molecule has 0 spiro atoms. The highest BCUT2D eigenvalue weighted by Crippen LogP contribution is 2.11. The maximum atomic E-state index is 13.0. The zero-order valence-corrected chi connectivity index (χ0v) is 20.1. The van der Waals surface area contributed by atoms with Crippen molar-refractivity contribution in [2.45, 2.75) is 76.5 Å². The number of nitrogens with one attached hydrogen (secondary N) is 3. The van der Waals surface area contributed by atoms with E-state index in [4.69, 9.17) is 17.2 Å². The number of carboxylic acids is 1. The molecule has 0 aliphatic heterocycles. The van der Waals surface area contributed by atoms with Crippen molar-refractivity contribution in [2.75, 3.05) is 12.3 Å². The first kappa shape index (κ1) is 30.6. The highest BCUT2D eigenvalue weighted by atomic mass is 32.1. The van der Waals surface area contributed by atoms with Crippen LogP contribution in [-0.2, 0) is 24.0 Å². The monoisotopic (exact) mass is 490 g/mol. The van der Waals surface area contributed by atoms with E-state index in [0.717, 1.165) is 0 Å². The number of primary amides is 1. The summed E-state index contributed by atoms with van der Waals surface area (Å²) in [5.74, 6) is -4.16. The number of amides is 4. The Morgan fingerprint density at radius 1 is 0.939 bits per heavy atom. The van der Waals surface area contributed by atoms with Gasteiger partial charge < -0.3 is 38.3 Å². The largest absolute Gasteiger partial charge is 0.480 e. The summed E-state index contributed by atoms with van der Waals surface area (Å²) in [5, 5.41) is 16.9. The summed E-state index contributed by atoms with van der Waals surface area (Å²) in [6.07, 6.45) is 1.56. The Balaban J connectivity index is 5.50. The van der Waals surface area contributed by atoms with Gasteiger partial charge in [-0.1, -0.05) is 20.3 Å². The molecule has 0 aromatic heterocycles. The first-order valence-electron chi connectivity index (χ1n) is 11.0. The van der Waals surface area contributed by atoms with Crippen molar-refractivity contribution in [1.29, 1.82) is 0 Å². The van der Waals surface area contributed by atoms with Crippen molar-refractivity contribution in [3.8, 4) is 0 Å². The SMILES string of the molecule is CCC(C)C(NC(=O)C(CCCCN)NC(=O)C(N)CS)C(=O)NC(CCC(N)=O)C(=O)O. The van der Waals surface area contributed by atoms with E-state index in [1.807, 2.05) is 6.92 Å². The third-order valence-electron chi connectivity index (χ3n) is 5.20. The summed E-state index contributed by atoms with van der Waals surface area (Å²) in [5.41, 5.74) is 16.2. The van der Waals surface area contributed by atoms with E-state index >= 15 is 0 Å². The number of carbonyl (C=O) groups excluding carboxylic acids is 4. The van der Waals surface area contributed by atoms with Crippen LogP contribution in [-0.4, -0.2) is 71.2 Å². The average molecular weight is 491 g/mol. The van der Waals surface area contributed by atoms with Crippen LogP contribution in [0.25, 0.3) is 0 Å². The summed E-state index contributed by atoms with van der Waals surface area (Å²) in [6, 6.07) is -4.28. The van der Waals surface area contributed by atoms with Crippen LogP contribution in [0.2, 0.25) is 0 Å². The van der Waals surface area contributed by atoms with Crippen molar-refractivity contribution in [1.82, 2.24) is 16.0 Å². The first-order valence-corrected chi connectivity index (χ1v) is 11.6. The zero-order chi connectivity index (χ0) is 25.6. The second-order valence-corrected chi connectivity index (χ2v) is 8.28. The molecule has 13 heteroatoms. The highest BCUT2D eigenvalue weighted by molar-refractivity contribution is 7.80. The van der Waals surface area contributed by atoms with Crippen molar-refractivity contribution < 1.29 is 29.1 Å². The van der Waals surface area contributed by atoms with Gasteiger partial charge in [-0.05, 0) is 38.1 Å². The van der Waals surface area contributed by atoms with Gasteiger partial charge >= 0.3 is 5.97 Å². The van der Waals surface area contributed by atoms with E-state index in [1.165, 1.54) is 0 Å². The van der Waals surface area contributed by atoms with E-state index in [-0.39, 0.29) is 30.9 Å². The molecule has 0 fully saturated rings. The molecular formula is C20H38N6O6S. The standard InChI is InChI=1S/C20H38N6O6S/c1-3-11(2)16(19(30)25-14(20(31)32)7-8-15(23)27)26-18(29)13(6-4-5-9-21)24-17(28)12(22)10-33/h11-14,16,33H,3-10,21-22H2,1-2H3,(H2,23,27)(H,24,28)(H,25,30)(H,26,29)(H,31,32). The lowest BCUT2D eigenvalue weighted by atomic mass is 9.96. The molecule has 5 atom stereocenters. The van der Waals surface area contributed by atoms with Crippen molar-refractivity contribution in [3.05, 3.63) is 0 Å². The van der Waals surface area contributed by atoms with Crippen molar-refractivity contribution >= 4 is 42.2 Å². The summed E-state index contributed by atoms with van der Waals surface area (Å²) in [6.45, 7) is 3.95. The molecule has 0 radical (unpaired) electrons. The molecule has 33 heavy (non-hydrogen) atoms. The average Bonchev–Trinajstić information content (AvgIpc) is 2.77. The predicted molar refractivity (Wildman–Crippen MR) is 126 cm³/mol. The highest BCUT2D eigenvalue weighted by Gasteiger charge is 2.32. The second kappa shape index (κ2) is 16.3. The Labute approximate surface area is 199 Å². The van der Waals surface area contributed by atoms with Crippen LogP contribution in [0, 0.1) is 5.92 Å². The Bertz CT molecular complexity index is 679. The molecule has 12 nitrogen and oxygen atoms in total. The molecule has 0 saturated carbocycles. The number of rotatable bonds is 17. The minimum atomic E-state index is -1.35. The minimum Gasteiger partial charge on any atom is -0.480 e. The molecule has 190 valence electrons. The Hall–Kier alpha value is -2.38. The number of nitrogens with two attached hydrogens (primary N) is 3. The molecule has 0 aromatic carbocycles. The van der Waals surface area contributed by atoms with Gasteiger partial charge in [0.25, 0.3) is 0 Å². The van der Waals surface area contributed by atoms with E-state index in [9.17, 15) is 29.1 Å². The maximum Gasteiger partial charge on any atom is 0.326 e. The Morgan fingerprint density at radius 3 is 2.03 bits per heavy atom. The molecular weight excluding hydrogens is 452 g/mol. The number of aliphatic carboxylic acids is 1. The number of carboxylic acid groups (broad SMARTS) is 1. The van der Waals surface area contributed by atoms with Gasteiger partial charge in [0.05, 0.1) is 6.04 Å². The van der Waals surface area contributed by atoms with E-state index in [1.54, 1.807) is 6.92 Å². The zero-order valence-electron chi connectivity index (χ0n) is 19.2. The molecule has 4 amide bonds. The van der Waals surface area contributed by atoms with E-state index < -0.39 is 53.8 Å². The lowest BCUT2D eigenvalue weighted by molar-refractivity contribution is -0.143. The molecule has 0 aromatic rings. The molecule has 0 aliphatic carbocycles. The maximum absolute atomic E-state index is 13.0. The van der Waals surface area contributed by atoms with Gasteiger partial charge in [-0.2, -0.15) is 12.6 Å². The summed E-state index contributed by atoms with van der Waals surface area (Å²) >= 11 is 3.98. The fraction of sp³-hybridized carbons (Fsp3) is 0.750. The number of thiol groups is 1. The molecule has 5 unspecified atom stereocenters. The molecule has 0 aliphatic rings. The fourth-order valence-electron chi connectivity index (χ4n) is 2.88. The van der Waals surface area contributed by atoms with Crippen LogP contribution in [0.1, 0.15) is 52.4 Å². The first-order chi connectivity index (χ1) is 15.5. The minimum absolute atomic E-state index is 0.0861. The Kier molecular flexibility index (Phi) is 15.1. The lowest BCUT2D eigenvalue weighted by Crippen LogP contribution is -2.58. The van der Waals surface area contributed by atoms with Crippen molar-refractivity contribution in [3.63, 3.8) is 0 Å². The van der Waals surface area contributed by atoms with Crippen LogP contribution >= 0.6 is 12.6 Å². The van der Waals surface area contributed by atoms with Crippen LogP contribution < -0.4 is 33.2 Å². The molecule has 0 rings (SSSR count). The predicted octanol–water partition coefficient (Wildman–Crippen LogP) is -1.78. The number of unbranched alkanes of at least 4 members (excludes halogenated alkanes) is 1. The van der Waals surface area contributed by atoms with Gasteiger partial charge in [-0.25, -0.2) is 4.79 Å². The van der Waals surface area contributed by atoms with E-state index in [2.05, 4.69) is 28.6 Å². The number of hydrogen-bond acceptors (Lipinski definition) is 8. The normalized spacial score (nSPS) is 15.4. The van der Waals surface area contributed by atoms with Gasteiger partial charge in [0.15, 0.2) is 0 Å².